The van der Waals surface area contributed by atoms with Gasteiger partial charge in [0.15, 0.2) is 0 Å². The molecule has 1 aromatic rings. The van der Waals surface area contributed by atoms with Crippen LogP contribution in [0.4, 0.5) is 11.8 Å². The first-order valence-electron chi connectivity index (χ1n) is 7.48. The number of aryl methyl sites for hydroxylation is 1. The molecule has 1 N–H and O–H groups in total. The Bertz CT molecular complexity index is 419. The van der Waals surface area contributed by atoms with Crippen molar-refractivity contribution in [3.63, 3.8) is 0 Å². The molecule has 4 nitrogen and oxygen atoms in total. The van der Waals surface area contributed by atoms with Crippen LogP contribution in [0.1, 0.15) is 45.7 Å². The van der Waals surface area contributed by atoms with Crippen LogP contribution in [-0.4, -0.2) is 29.1 Å². The van der Waals surface area contributed by atoms with E-state index in [0.29, 0.717) is 6.04 Å². The normalized spacial score (nSPS) is 23.5. The third-order valence-corrected chi connectivity index (χ3v) is 4.04. The van der Waals surface area contributed by atoms with Crippen LogP contribution in [0.5, 0.6) is 0 Å². The van der Waals surface area contributed by atoms with Crippen molar-refractivity contribution in [2.24, 2.45) is 5.92 Å². The number of hydrogen-bond donors (Lipinski definition) is 1. The Morgan fingerprint density at radius 1 is 1.37 bits per heavy atom. The lowest BCUT2D eigenvalue weighted by Gasteiger charge is -2.38. The van der Waals surface area contributed by atoms with Gasteiger partial charge in [-0.25, -0.2) is 4.98 Å². The zero-order valence-corrected chi connectivity index (χ0v) is 12.6. The van der Waals surface area contributed by atoms with E-state index in [-0.39, 0.29) is 0 Å². The van der Waals surface area contributed by atoms with Gasteiger partial charge in [-0.05, 0) is 39.0 Å². The van der Waals surface area contributed by atoms with Gasteiger partial charge >= 0.3 is 0 Å². The summed E-state index contributed by atoms with van der Waals surface area (Å²) in [5, 5.41) is 3.29. The predicted molar refractivity (Wildman–Crippen MR) is 80.8 cm³/mol. The van der Waals surface area contributed by atoms with Crippen molar-refractivity contribution in [1.82, 2.24) is 9.97 Å². The molecule has 2 heterocycles. The molecule has 1 saturated heterocycles. The number of piperidine rings is 1. The largest absolute Gasteiger partial charge is 0.354 e. The van der Waals surface area contributed by atoms with Gasteiger partial charge in [0.25, 0.3) is 0 Å². The molecule has 4 heteroatoms. The molecule has 0 saturated carbocycles. The van der Waals surface area contributed by atoms with Crippen LogP contribution >= 0.6 is 0 Å². The van der Waals surface area contributed by atoms with Crippen molar-refractivity contribution in [3.8, 4) is 0 Å². The minimum Gasteiger partial charge on any atom is -0.354 e. The summed E-state index contributed by atoms with van der Waals surface area (Å²) < 4.78 is 0. The fourth-order valence-electron chi connectivity index (χ4n) is 2.67. The Morgan fingerprint density at radius 2 is 2.16 bits per heavy atom. The van der Waals surface area contributed by atoms with E-state index in [4.69, 9.17) is 0 Å². The second kappa shape index (κ2) is 6.22. The first kappa shape index (κ1) is 14.1. The average molecular weight is 262 g/mol. The lowest BCUT2D eigenvalue weighted by Crippen LogP contribution is -2.43. The van der Waals surface area contributed by atoms with E-state index in [1.54, 1.807) is 0 Å². The van der Waals surface area contributed by atoms with Gasteiger partial charge in [0.2, 0.25) is 5.95 Å². The molecule has 106 valence electrons. The molecule has 0 spiro atoms. The number of rotatable bonds is 4. The van der Waals surface area contributed by atoms with Crippen LogP contribution in [-0.2, 0) is 0 Å². The lowest BCUT2D eigenvalue weighted by molar-refractivity contribution is 0.361. The summed E-state index contributed by atoms with van der Waals surface area (Å²) in [4.78, 5) is 11.6. The fourth-order valence-corrected chi connectivity index (χ4v) is 2.67. The highest BCUT2D eigenvalue weighted by Crippen LogP contribution is 2.27. The van der Waals surface area contributed by atoms with Gasteiger partial charge < -0.3 is 10.2 Å². The molecule has 2 rings (SSSR count). The van der Waals surface area contributed by atoms with Crippen LogP contribution < -0.4 is 10.2 Å². The standard InChI is InChI=1S/C15H26N4/c1-5-8-16-15-17-12(3)10-14(18-15)19-9-6-7-11(2)13(19)4/h10-11,13H,5-9H2,1-4H3,(H,16,17,18). The molecule has 0 aliphatic carbocycles. The van der Waals surface area contributed by atoms with Gasteiger partial charge in [-0.2, -0.15) is 4.98 Å². The number of aromatic nitrogens is 2. The van der Waals surface area contributed by atoms with Gasteiger partial charge in [-0.1, -0.05) is 13.8 Å². The summed E-state index contributed by atoms with van der Waals surface area (Å²) in [5.74, 6) is 2.57. The van der Waals surface area contributed by atoms with Crippen molar-refractivity contribution < 1.29 is 0 Å². The van der Waals surface area contributed by atoms with Gasteiger partial charge in [-0.15, -0.1) is 0 Å². The van der Waals surface area contributed by atoms with Gasteiger partial charge in [0.1, 0.15) is 5.82 Å². The maximum absolute atomic E-state index is 4.68. The lowest BCUT2D eigenvalue weighted by atomic mass is 9.92. The van der Waals surface area contributed by atoms with Crippen LogP contribution in [0.2, 0.25) is 0 Å². The van der Waals surface area contributed by atoms with E-state index in [1.165, 1.54) is 12.8 Å². The van der Waals surface area contributed by atoms with Crippen molar-refractivity contribution in [2.75, 3.05) is 23.3 Å². The van der Waals surface area contributed by atoms with Crippen molar-refractivity contribution >= 4 is 11.8 Å². The van der Waals surface area contributed by atoms with Gasteiger partial charge in [-0.3, -0.25) is 0 Å². The van der Waals surface area contributed by atoms with Crippen LogP contribution in [0.15, 0.2) is 6.07 Å². The molecule has 2 atom stereocenters. The minimum atomic E-state index is 0.557. The summed E-state index contributed by atoms with van der Waals surface area (Å²) in [6, 6.07) is 2.66. The summed E-state index contributed by atoms with van der Waals surface area (Å²) in [7, 11) is 0. The molecule has 1 aliphatic heterocycles. The van der Waals surface area contributed by atoms with E-state index in [0.717, 1.165) is 42.9 Å². The maximum Gasteiger partial charge on any atom is 0.224 e. The topological polar surface area (TPSA) is 41.1 Å². The number of nitrogens with zero attached hydrogens (tertiary/aromatic N) is 3. The third kappa shape index (κ3) is 3.37. The van der Waals surface area contributed by atoms with E-state index in [2.05, 4.69) is 47.0 Å². The van der Waals surface area contributed by atoms with Crippen molar-refractivity contribution in [3.05, 3.63) is 11.8 Å². The van der Waals surface area contributed by atoms with Crippen LogP contribution in [0.3, 0.4) is 0 Å². The zero-order chi connectivity index (χ0) is 13.8. The van der Waals surface area contributed by atoms with Crippen LogP contribution in [0, 0.1) is 12.8 Å². The predicted octanol–water partition coefficient (Wildman–Crippen LogP) is 3.23. The monoisotopic (exact) mass is 262 g/mol. The fraction of sp³-hybridized carbons (Fsp3) is 0.733. The second-order valence-corrected chi connectivity index (χ2v) is 5.67. The van der Waals surface area contributed by atoms with Crippen molar-refractivity contribution in [1.29, 1.82) is 0 Å². The van der Waals surface area contributed by atoms with Crippen molar-refractivity contribution in [2.45, 2.75) is 53.0 Å². The van der Waals surface area contributed by atoms with E-state index < -0.39 is 0 Å². The number of nitrogens with one attached hydrogen (secondary N) is 1. The SMILES string of the molecule is CCCNc1nc(C)cc(N2CCCC(C)C2C)n1. The zero-order valence-electron chi connectivity index (χ0n) is 12.6. The molecule has 1 fully saturated rings. The molecular weight excluding hydrogens is 236 g/mol. The first-order valence-corrected chi connectivity index (χ1v) is 7.48. The van der Waals surface area contributed by atoms with Gasteiger partial charge in [0.05, 0.1) is 0 Å². The summed E-state index contributed by atoms with van der Waals surface area (Å²) >= 11 is 0. The highest BCUT2D eigenvalue weighted by Gasteiger charge is 2.26. The number of anilines is 2. The van der Waals surface area contributed by atoms with Gasteiger partial charge in [0, 0.05) is 30.9 Å². The molecule has 1 aromatic heterocycles. The molecule has 0 amide bonds. The first-order chi connectivity index (χ1) is 9.11. The quantitative estimate of drug-likeness (QED) is 0.904. The Labute approximate surface area is 116 Å². The molecule has 0 aromatic carbocycles. The average Bonchev–Trinajstić information content (AvgIpc) is 2.39. The Morgan fingerprint density at radius 3 is 2.89 bits per heavy atom. The smallest absolute Gasteiger partial charge is 0.224 e. The molecule has 1 aliphatic rings. The second-order valence-electron chi connectivity index (χ2n) is 5.67. The Hall–Kier alpha value is -1.32. The Balaban J connectivity index is 2.20. The summed E-state index contributed by atoms with van der Waals surface area (Å²) in [6.07, 6.45) is 3.67. The van der Waals surface area contributed by atoms with Crippen LogP contribution in [0.25, 0.3) is 0 Å². The summed E-state index contributed by atoms with van der Waals surface area (Å²) in [6.45, 7) is 10.9. The molecule has 0 radical (unpaired) electrons. The molecule has 19 heavy (non-hydrogen) atoms. The molecular formula is C15H26N4. The maximum atomic E-state index is 4.68. The van der Waals surface area contributed by atoms with E-state index >= 15 is 0 Å². The summed E-state index contributed by atoms with van der Waals surface area (Å²) in [5.41, 5.74) is 1.04. The molecule has 2 unspecified atom stereocenters. The highest BCUT2D eigenvalue weighted by molar-refractivity contribution is 5.46. The minimum absolute atomic E-state index is 0.557. The highest BCUT2D eigenvalue weighted by atomic mass is 15.2. The van der Waals surface area contributed by atoms with E-state index in [9.17, 15) is 0 Å². The third-order valence-electron chi connectivity index (χ3n) is 4.04. The molecule has 0 bridgehead atoms. The van der Waals surface area contributed by atoms with E-state index in [1.807, 2.05) is 6.92 Å². The number of hydrogen-bond acceptors (Lipinski definition) is 4. The Kier molecular flexibility index (Phi) is 4.61.